The first-order valence-corrected chi connectivity index (χ1v) is 9.49. The average molecular weight is 338 g/mol. The first-order valence-electron chi connectivity index (χ1n) is 9.49. The molecule has 1 heterocycles. The van der Waals surface area contributed by atoms with E-state index in [-0.39, 0.29) is 11.0 Å². The van der Waals surface area contributed by atoms with Crippen LogP contribution in [0.1, 0.15) is 57.2 Å². The van der Waals surface area contributed by atoms with Gasteiger partial charge in [0.2, 0.25) is 0 Å². The van der Waals surface area contributed by atoms with Crippen molar-refractivity contribution in [1.29, 1.82) is 0 Å². The van der Waals surface area contributed by atoms with Gasteiger partial charge in [-0.05, 0) is 57.7 Å². The first kappa shape index (κ1) is 18.2. The minimum Gasteiger partial charge on any atom is -0.376 e. The molecule has 134 valence electrons. The molecule has 2 aromatic carbocycles. The molecule has 1 saturated heterocycles. The third-order valence-electron chi connectivity index (χ3n) is 5.58. The summed E-state index contributed by atoms with van der Waals surface area (Å²) in [7, 11) is 0. The molecule has 1 aliphatic heterocycles. The van der Waals surface area contributed by atoms with Crippen molar-refractivity contribution in [3.8, 4) is 0 Å². The van der Waals surface area contributed by atoms with Crippen LogP contribution in [0.2, 0.25) is 0 Å². The molecule has 0 aromatic heterocycles. The molecular formula is C23H31NO. The number of rotatable bonds is 6. The molecule has 0 bridgehead atoms. The van der Waals surface area contributed by atoms with E-state index < -0.39 is 0 Å². The van der Waals surface area contributed by atoms with E-state index in [4.69, 9.17) is 4.74 Å². The Morgan fingerprint density at radius 3 is 2.28 bits per heavy atom. The predicted octanol–water partition coefficient (Wildman–Crippen LogP) is 5.25. The van der Waals surface area contributed by atoms with Gasteiger partial charge in [-0.15, -0.1) is 0 Å². The van der Waals surface area contributed by atoms with Gasteiger partial charge in [0.1, 0.15) is 0 Å². The van der Waals surface area contributed by atoms with E-state index in [1.54, 1.807) is 0 Å². The number of hydrogen-bond donors (Lipinski definition) is 1. The molecule has 0 aliphatic carbocycles. The molecular weight excluding hydrogens is 306 g/mol. The van der Waals surface area contributed by atoms with E-state index in [1.165, 1.54) is 11.1 Å². The van der Waals surface area contributed by atoms with Crippen LogP contribution in [-0.4, -0.2) is 18.8 Å². The summed E-state index contributed by atoms with van der Waals surface area (Å²) in [6.07, 6.45) is 3.31. The van der Waals surface area contributed by atoms with Gasteiger partial charge in [0.15, 0.2) is 0 Å². The minimum absolute atomic E-state index is 0.0564. The minimum atomic E-state index is -0.0564. The van der Waals surface area contributed by atoms with Gasteiger partial charge in [0, 0.05) is 18.1 Å². The summed E-state index contributed by atoms with van der Waals surface area (Å²) in [6, 6.07) is 22.1. The molecule has 0 amide bonds. The zero-order valence-electron chi connectivity index (χ0n) is 15.8. The molecule has 2 atom stereocenters. The third-order valence-corrected chi connectivity index (χ3v) is 5.58. The van der Waals surface area contributed by atoms with Crippen LogP contribution in [0.5, 0.6) is 0 Å². The van der Waals surface area contributed by atoms with Crippen molar-refractivity contribution in [3.05, 3.63) is 71.8 Å². The molecule has 1 fully saturated rings. The Balaban J connectivity index is 1.71. The Morgan fingerprint density at radius 1 is 1.00 bits per heavy atom. The first-order chi connectivity index (χ1) is 12.0. The quantitative estimate of drug-likeness (QED) is 0.777. The monoisotopic (exact) mass is 337 g/mol. The maximum absolute atomic E-state index is 6.02. The molecule has 0 spiro atoms. The molecule has 3 rings (SSSR count). The van der Waals surface area contributed by atoms with Crippen LogP contribution < -0.4 is 5.32 Å². The second-order valence-electron chi connectivity index (χ2n) is 8.02. The van der Waals surface area contributed by atoms with Gasteiger partial charge in [0.25, 0.3) is 0 Å². The fraction of sp³-hybridized carbons (Fsp3) is 0.478. The van der Waals surface area contributed by atoms with Crippen molar-refractivity contribution in [2.24, 2.45) is 0 Å². The van der Waals surface area contributed by atoms with Gasteiger partial charge >= 0.3 is 0 Å². The Labute approximate surface area is 152 Å². The summed E-state index contributed by atoms with van der Waals surface area (Å²) in [5.41, 5.74) is 2.95. The van der Waals surface area contributed by atoms with E-state index in [0.717, 1.165) is 32.4 Å². The van der Waals surface area contributed by atoms with Gasteiger partial charge in [-0.25, -0.2) is 0 Å². The second kappa shape index (κ2) is 7.72. The Morgan fingerprint density at radius 2 is 1.64 bits per heavy atom. The smallest absolute Gasteiger partial charge is 0.0635 e. The van der Waals surface area contributed by atoms with E-state index in [1.807, 2.05) is 0 Å². The van der Waals surface area contributed by atoms with Crippen LogP contribution in [0.25, 0.3) is 0 Å². The van der Waals surface area contributed by atoms with Crippen molar-refractivity contribution in [3.63, 3.8) is 0 Å². The highest BCUT2D eigenvalue weighted by molar-refractivity contribution is 5.27. The Bertz CT molecular complexity index is 652. The Hall–Kier alpha value is -1.64. The van der Waals surface area contributed by atoms with Gasteiger partial charge < -0.3 is 10.1 Å². The summed E-state index contributed by atoms with van der Waals surface area (Å²) in [4.78, 5) is 0. The standard InChI is InChI=1S/C23H31NO/c1-19(20-10-6-4-7-11-20)24-16-14-23(21-12-8-5-9-13-21)15-17-25-22(2,3)18-23/h4-13,19,24H,14-18H2,1-3H3/t19-,23-/m1/s1. The fourth-order valence-electron chi connectivity index (χ4n) is 4.26. The molecule has 2 nitrogen and oxygen atoms in total. The molecule has 1 aliphatic rings. The number of ether oxygens (including phenoxy) is 1. The van der Waals surface area contributed by atoms with Crippen LogP contribution in [0.3, 0.4) is 0 Å². The lowest BCUT2D eigenvalue weighted by molar-refractivity contribution is -0.0840. The van der Waals surface area contributed by atoms with Crippen LogP contribution in [0, 0.1) is 0 Å². The second-order valence-corrected chi connectivity index (χ2v) is 8.02. The summed E-state index contributed by atoms with van der Waals surface area (Å²) in [5.74, 6) is 0. The largest absolute Gasteiger partial charge is 0.376 e. The van der Waals surface area contributed by atoms with Crippen LogP contribution >= 0.6 is 0 Å². The number of benzene rings is 2. The summed E-state index contributed by atoms with van der Waals surface area (Å²) in [6.45, 7) is 8.56. The van der Waals surface area contributed by atoms with Crippen molar-refractivity contribution < 1.29 is 4.74 Å². The Kier molecular flexibility index (Phi) is 5.61. The van der Waals surface area contributed by atoms with Gasteiger partial charge in [-0.2, -0.15) is 0 Å². The zero-order valence-corrected chi connectivity index (χ0v) is 15.8. The normalized spacial score (nSPS) is 24.0. The molecule has 0 radical (unpaired) electrons. The van der Waals surface area contributed by atoms with Crippen molar-refractivity contribution in [2.75, 3.05) is 13.2 Å². The lowest BCUT2D eigenvalue weighted by Gasteiger charge is -2.45. The highest BCUT2D eigenvalue weighted by Gasteiger charge is 2.41. The van der Waals surface area contributed by atoms with Crippen molar-refractivity contribution in [1.82, 2.24) is 5.32 Å². The lowest BCUT2D eigenvalue weighted by atomic mass is 9.67. The predicted molar refractivity (Wildman–Crippen MR) is 105 cm³/mol. The highest BCUT2D eigenvalue weighted by atomic mass is 16.5. The van der Waals surface area contributed by atoms with E-state index >= 15 is 0 Å². The number of hydrogen-bond acceptors (Lipinski definition) is 2. The van der Waals surface area contributed by atoms with Crippen molar-refractivity contribution >= 4 is 0 Å². The van der Waals surface area contributed by atoms with Crippen LogP contribution in [-0.2, 0) is 10.2 Å². The van der Waals surface area contributed by atoms with Crippen LogP contribution in [0.15, 0.2) is 60.7 Å². The zero-order chi connectivity index (χ0) is 17.8. The van der Waals surface area contributed by atoms with Gasteiger partial charge in [0.05, 0.1) is 5.60 Å². The topological polar surface area (TPSA) is 21.3 Å². The molecule has 0 unspecified atom stereocenters. The molecule has 2 aromatic rings. The molecule has 2 heteroatoms. The SMILES string of the molecule is C[C@@H](NCC[C@@]1(c2ccccc2)CCOC(C)(C)C1)c1ccccc1. The molecule has 25 heavy (non-hydrogen) atoms. The summed E-state index contributed by atoms with van der Waals surface area (Å²) < 4.78 is 6.02. The maximum atomic E-state index is 6.02. The third kappa shape index (κ3) is 4.50. The number of nitrogens with one attached hydrogen (secondary N) is 1. The average Bonchev–Trinajstić information content (AvgIpc) is 2.62. The molecule has 1 N–H and O–H groups in total. The van der Waals surface area contributed by atoms with E-state index in [9.17, 15) is 0 Å². The summed E-state index contributed by atoms with van der Waals surface area (Å²) in [5, 5.41) is 3.73. The lowest BCUT2D eigenvalue weighted by Crippen LogP contribution is -2.45. The van der Waals surface area contributed by atoms with E-state index in [0.29, 0.717) is 6.04 Å². The van der Waals surface area contributed by atoms with Crippen molar-refractivity contribution in [2.45, 2.75) is 57.1 Å². The fourth-order valence-corrected chi connectivity index (χ4v) is 4.26. The van der Waals surface area contributed by atoms with Gasteiger partial charge in [-0.1, -0.05) is 60.7 Å². The van der Waals surface area contributed by atoms with E-state index in [2.05, 4.69) is 86.8 Å². The van der Waals surface area contributed by atoms with Crippen LogP contribution in [0.4, 0.5) is 0 Å². The maximum Gasteiger partial charge on any atom is 0.0635 e. The highest BCUT2D eigenvalue weighted by Crippen LogP contribution is 2.43. The van der Waals surface area contributed by atoms with Gasteiger partial charge in [-0.3, -0.25) is 0 Å². The molecule has 0 saturated carbocycles. The summed E-state index contributed by atoms with van der Waals surface area (Å²) >= 11 is 0.